The van der Waals surface area contributed by atoms with Crippen molar-refractivity contribution in [2.24, 2.45) is 0 Å². The van der Waals surface area contributed by atoms with Gasteiger partial charge >= 0.3 is 70.4 Å². The van der Waals surface area contributed by atoms with Crippen LogP contribution in [-0.2, 0) is 24.3 Å². The summed E-state index contributed by atoms with van der Waals surface area (Å²) < 4.78 is 2.09. The number of aryl methyl sites for hydroxylation is 7. The van der Waals surface area contributed by atoms with Crippen molar-refractivity contribution in [3.05, 3.63) is 94.4 Å². The fourth-order valence-electron chi connectivity index (χ4n) is 4.83. The normalized spacial score (nSPS) is 13.0. The zero-order chi connectivity index (χ0) is 24.0. The van der Waals surface area contributed by atoms with Gasteiger partial charge in [-0.05, 0) is 63.8 Å². The first-order chi connectivity index (χ1) is 15.8. The Labute approximate surface area is 210 Å². The van der Waals surface area contributed by atoms with Gasteiger partial charge in [-0.1, -0.05) is 35.4 Å². The molecule has 1 saturated heterocycles. The topological polar surface area (TPSA) is 19.4 Å². The van der Waals surface area contributed by atoms with E-state index in [0.29, 0.717) is 0 Å². The van der Waals surface area contributed by atoms with Gasteiger partial charge in [-0.3, -0.25) is 0 Å². The van der Waals surface area contributed by atoms with Crippen LogP contribution in [0.5, 0.6) is 0 Å². The molecule has 3 nitrogen and oxygen atoms in total. The van der Waals surface area contributed by atoms with E-state index in [4.69, 9.17) is 0 Å². The van der Waals surface area contributed by atoms with Crippen LogP contribution in [0.3, 0.4) is 0 Å². The second-order valence-corrected chi connectivity index (χ2v) is 9.71. The summed E-state index contributed by atoms with van der Waals surface area (Å²) in [6.07, 6.45) is 3.97. The van der Waals surface area contributed by atoms with Crippen molar-refractivity contribution in [1.29, 1.82) is 0 Å². The quantitative estimate of drug-likeness (QED) is 0.285. The molecular weight excluding hydrogens is 491 g/mol. The minimum absolute atomic E-state index is 1.04. The van der Waals surface area contributed by atoms with Gasteiger partial charge in [0.1, 0.15) is 0 Å². The predicted molar refractivity (Wildman–Crippen MR) is 139 cm³/mol. The first kappa shape index (κ1) is 25.3. The van der Waals surface area contributed by atoms with Crippen molar-refractivity contribution < 1.29 is 17.9 Å². The van der Waals surface area contributed by atoms with Crippen LogP contribution in [0, 0.1) is 48.2 Å². The predicted octanol–water partition coefficient (Wildman–Crippen LogP) is 6.35. The fourth-order valence-corrected chi connectivity index (χ4v) is 5.08. The van der Waals surface area contributed by atoms with E-state index in [1.165, 1.54) is 50.4 Å². The molecule has 0 atom stereocenters. The third-order valence-corrected chi connectivity index (χ3v) is 6.44. The van der Waals surface area contributed by atoms with E-state index in [1.807, 2.05) is 18.3 Å². The van der Waals surface area contributed by atoms with Crippen molar-refractivity contribution in [3.8, 4) is 0 Å². The van der Waals surface area contributed by atoms with Gasteiger partial charge in [0.2, 0.25) is 0 Å². The summed E-state index contributed by atoms with van der Waals surface area (Å²) in [6.45, 7) is 17.6. The average Bonchev–Trinajstić information content (AvgIpc) is 3.21. The molecule has 0 N–H and O–H groups in total. The Morgan fingerprint density at radius 1 is 0.818 bits per heavy atom. The third kappa shape index (κ3) is 6.61. The number of hydrogen-bond acceptors (Lipinski definition) is 3. The van der Waals surface area contributed by atoms with Crippen molar-refractivity contribution in [2.45, 2.75) is 54.4 Å². The molecule has 0 amide bonds. The van der Waals surface area contributed by atoms with Gasteiger partial charge in [-0.15, -0.1) is 0 Å². The van der Waals surface area contributed by atoms with Gasteiger partial charge in [-0.2, -0.15) is 6.67 Å². The molecule has 1 aliphatic rings. The summed E-state index contributed by atoms with van der Waals surface area (Å²) in [5.41, 5.74) is 12.0. The zero-order valence-corrected chi connectivity index (χ0v) is 22.5. The Morgan fingerprint density at radius 2 is 1.30 bits per heavy atom. The molecule has 0 aliphatic carbocycles. The fraction of sp³-hybridized carbons (Fsp3) is 0.345. The number of benzene rings is 2. The number of nitrogens with zero attached hydrogens (tertiary/aromatic N) is 3. The van der Waals surface area contributed by atoms with Crippen molar-refractivity contribution in [1.82, 2.24) is 4.98 Å². The second-order valence-electron chi connectivity index (χ2n) is 9.00. The van der Waals surface area contributed by atoms with Gasteiger partial charge in [0.05, 0.1) is 0 Å². The van der Waals surface area contributed by atoms with E-state index in [2.05, 4.69) is 116 Å². The molecule has 0 bridgehead atoms. The summed E-state index contributed by atoms with van der Waals surface area (Å²) in [4.78, 5) is 9.00. The number of anilines is 2. The molecule has 0 spiro atoms. The monoisotopic (exact) mass is 528 g/mol. The van der Waals surface area contributed by atoms with Gasteiger partial charge in [0.25, 0.3) is 0 Å². The van der Waals surface area contributed by atoms with E-state index in [0.717, 1.165) is 25.9 Å². The van der Waals surface area contributed by atoms with Crippen molar-refractivity contribution >= 4 is 16.0 Å². The average molecular weight is 528 g/mol. The molecule has 2 heterocycles. The summed E-state index contributed by atoms with van der Waals surface area (Å²) in [7, 11) is 0. The van der Waals surface area contributed by atoms with E-state index in [-0.39, 0.29) is 0 Å². The Balaban J connectivity index is 0.000000257. The molecule has 4 heteroatoms. The maximum absolute atomic E-state index is 4.19. The molecule has 3 aromatic rings. The molecule has 0 unspecified atom stereocenters. The standard InChI is InChI=1S/C21H27N2.C8H9N.Ru/c1-14-9-16(3)20(17(4)10-14)22-7-8-23(13-22)21-18(5)11-15(2)12-19(21)6;1-2-5-8-6-3-4-7-9-8;/h9-13H,7-8H2,1-6H3;1,3-4,6-7H,2,5H2;/q-1;;+1. The zero-order valence-electron chi connectivity index (χ0n) is 20.8. The van der Waals surface area contributed by atoms with Crippen LogP contribution in [0.1, 0.15) is 45.5 Å². The number of pyridine rings is 1. The van der Waals surface area contributed by atoms with Gasteiger partial charge in [-0.25, -0.2) is 0 Å². The summed E-state index contributed by atoms with van der Waals surface area (Å²) in [5, 5.41) is 0. The van der Waals surface area contributed by atoms with Crippen LogP contribution in [0.25, 0.3) is 0 Å². The van der Waals surface area contributed by atoms with Gasteiger partial charge < -0.3 is 9.80 Å². The Bertz CT molecular complexity index is 982. The summed E-state index contributed by atoms with van der Waals surface area (Å²) >= 11 is 2.51. The number of rotatable bonds is 5. The second kappa shape index (κ2) is 11.7. The first-order valence-corrected chi connectivity index (χ1v) is 12.6. The molecular formula is C29H36N3Ru. The number of aromatic nitrogens is 1. The van der Waals surface area contributed by atoms with E-state index in [1.54, 1.807) is 0 Å². The molecule has 1 fully saturated rings. The van der Waals surface area contributed by atoms with E-state index in [9.17, 15) is 0 Å². The molecule has 0 saturated carbocycles. The van der Waals surface area contributed by atoms with E-state index < -0.39 is 0 Å². The molecule has 1 aromatic heterocycles. The van der Waals surface area contributed by atoms with Crippen molar-refractivity contribution in [2.75, 3.05) is 22.9 Å². The Hall–Kier alpha value is -2.32. The summed E-state index contributed by atoms with van der Waals surface area (Å²) in [6, 6.07) is 15.1. The minimum atomic E-state index is 1.04. The van der Waals surface area contributed by atoms with Crippen LogP contribution >= 0.6 is 0 Å². The van der Waals surface area contributed by atoms with Crippen LogP contribution in [0.2, 0.25) is 0 Å². The molecule has 1 aliphatic heterocycles. The SMILES string of the molecule is Cc1cc(C)c(N2[CH-]N(c3c(C)cc(C)cc3C)CC2)c(C)c1.[Ru+]=[CH]CCc1ccccn1. The first-order valence-electron chi connectivity index (χ1n) is 11.6. The Morgan fingerprint density at radius 3 is 1.70 bits per heavy atom. The van der Waals surface area contributed by atoms with Crippen LogP contribution in [0.4, 0.5) is 11.4 Å². The molecule has 175 valence electrons. The molecule has 0 radical (unpaired) electrons. The maximum atomic E-state index is 4.19. The van der Waals surface area contributed by atoms with Crippen molar-refractivity contribution in [3.63, 3.8) is 0 Å². The van der Waals surface area contributed by atoms with Crippen LogP contribution in [0.15, 0.2) is 48.7 Å². The molecule has 2 aromatic carbocycles. The van der Waals surface area contributed by atoms with Crippen LogP contribution in [-0.4, -0.2) is 22.7 Å². The Kier molecular flexibility index (Phi) is 8.97. The number of hydrogen-bond donors (Lipinski definition) is 0. The van der Waals surface area contributed by atoms with Crippen LogP contribution < -0.4 is 9.80 Å². The van der Waals surface area contributed by atoms with Gasteiger partial charge in [0, 0.05) is 24.5 Å². The summed E-state index contributed by atoms with van der Waals surface area (Å²) in [5.74, 6) is 0. The van der Waals surface area contributed by atoms with Gasteiger partial charge in [0.15, 0.2) is 0 Å². The third-order valence-electron chi connectivity index (χ3n) is 5.93. The molecule has 4 rings (SSSR count). The van der Waals surface area contributed by atoms with E-state index >= 15 is 0 Å². The molecule has 33 heavy (non-hydrogen) atoms.